The lowest BCUT2D eigenvalue weighted by molar-refractivity contribution is -0.269. The number of carbonyl (C=O) groups is 3. The molecule has 1 N–H and O–H groups in total. The van der Waals surface area contributed by atoms with Gasteiger partial charge in [-0.15, -0.1) is 0 Å². The molecule has 1 rings (SSSR count). The van der Waals surface area contributed by atoms with Crippen molar-refractivity contribution in [2.24, 2.45) is 5.92 Å². The molecule has 0 bridgehead atoms. The highest BCUT2D eigenvalue weighted by Gasteiger charge is 2.48. The summed E-state index contributed by atoms with van der Waals surface area (Å²) in [5, 5.41) is 9.80. The smallest absolute Gasteiger partial charge is 0.303 e. The van der Waals surface area contributed by atoms with E-state index in [4.69, 9.17) is 14.2 Å². The summed E-state index contributed by atoms with van der Waals surface area (Å²) in [5.74, 6) is -2.07. The van der Waals surface area contributed by atoms with Crippen LogP contribution in [0, 0.1) is 5.92 Å². The van der Waals surface area contributed by atoms with Crippen LogP contribution in [-0.4, -0.2) is 47.4 Å². The summed E-state index contributed by atoms with van der Waals surface area (Å²) in [4.78, 5) is 33.5. The van der Waals surface area contributed by atoms with Crippen molar-refractivity contribution >= 4 is 17.7 Å². The molecule has 0 aliphatic carbocycles. The van der Waals surface area contributed by atoms with Crippen molar-refractivity contribution in [1.29, 1.82) is 0 Å². The third-order valence-corrected chi connectivity index (χ3v) is 2.89. The Morgan fingerprint density at radius 1 is 1.00 bits per heavy atom. The van der Waals surface area contributed by atoms with Gasteiger partial charge >= 0.3 is 11.9 Å². The van der Waals surface area contributed by atoms with Gasteiger partial charge in [0.2, 0.25) is 0 Å². The number of ketones is 1. The lowest BCUT2D eigenvalue weighted by Gasteiger charge is -2.41. The van der Waals surface area contributed by atoms with Crippen molar-refractivity contribution in [3.63, 3.8) is 0 Å². The monoisotopic (exact) mass is 274 g/mol. The molecule has 0 amide bonds. The number of aliphatic hydroxyl groups excluding tert-OH is 1. The number of carbonyl (C=O) groups excluding carboxylic acids is 3. The molecular weight excluding hydrogens is 256 g/mol. The zero-order valence-corrected chi connectivity index (χ0v) is 11.3. The first-order valence-electron chi connectivity index (χ1n) is 5.92. The maximum absolute atomic E-state index is 11.4. The Morgan fingerprint density at radius 2 is 1.47 bits per heavy atom. The van der Waals surface area contributed by atoms with Crippen molar-refractivity contribution < 1.29 is 33.7 Å². The van der Waals surface area contributed by atoms with Crippen molar-refractivity contribution in [3.05, 3.63) is 0 Å². The van der Waals surface area contributed by atoms with Crippen LogP contribution in [0.4, 0.5) is 0 Å². The minimum atomic E-state index is -1.52. The molecule has 19 heavy (non-hydrogen) atoms. The van der Waals surface area contributed by atoms with Gasteiger partial charge in [0.25, 0.3) is 0 Å². The Kier molecular flexibility index (Phi) is 5.02. The Morgan fingerprint density at radius 3 is 1.89 bits per heavy atom. The van der Waals surface area contributed by atoms with E-state index in [1.807, 2.05) is 0 Å². The van der Waals surface area contributed by atoms with Gasteiger partial charge < -0.3 is 19.3 Å². The number of hydrogen-bond acceptors (Lipinski definition) is 7. The average molecular weight is 274 g/mol. The van der Waals surface area contributed by atoms with Crippen LogP contribution in [0.25, 0.3) is 0 Å². The van der Waals surface area contributed by atoms with Gasteiger partial charge in [-0.25, -0.2) is 0 Å². The van der Waals surface area contributed by atoms with Crippen LogP contribution in [0.5, 0.6) is 0 Å². The lowest BCUT2D eigenvalue weighted by atomic mass is 9.88. The fraction of sp³-hybridized carbons (Fsp3) is 0.750. The molecule has 0 aromatic heterocycles. The molecule has 1 saturated heterocycles. The summed E-state index contributed by atoms with van der Waals surface area (Å²) < 4.78 is 15.1. The van der Waals surface area contributed by atoms with Crippen molar-refractivity contribution in [2.45, 2.75) is 52.3 Å². The molecule has 0 aromatic rings. The summed E-state index contributed by atoms with van der Waals surface area (Å²) in [7, 11) is 0. The number of rotatable bonds is 3. The highest BCUT2D eigenvalue weighted by molar-refractivity contribution is 5.81. The van der Waals surface area contributed by atoms with Crippen LogP contribution in [0.15, 0.2) is 0 Å². The van der Waals surface area contributed by atoms with Gasteiger partial charge in [0.05, 0.1) is 0 Å². The molecule has 1 aliphatic heterocycles. The number of aliphatic hydroxyl groups is 1. The highest BCUT2D eigenvalue weighted by atomic mass is 16.7. The first-order chi connectivity index (χ1) is 8.73. The van der Waals surface area contributed by atoms with Crippen LogP contribution in [0.2, 0.25) is 0 Å². The second-order valence-corrected chi connectivity index (χ2v) is 4.57. The Balaban J connectivity index is 2.98. The van der Waals surface area contributed by atoms with E-state index in [-0.39, 0.29) is 5.78 Å². The number of hydrogen-bond donors (Lipinski definition) is 1. The van der Waals surface area contributed by atoms with Crippen molar-refractivity contribution in [3.8, 4) is 0 Å². The van der Waals surface area contributed by atoms with E-state index in [1.165, 1.54) is 20.8 Å². The molecule has 0 spiro atoms. The van der Waals surface area contributed by atoms with E-state index < -0.39 is 42.5 Å². The van der Waals surface area contributed by atoms with Crippen LogP contribution in [0.3, 0.4) is 0 Å². The first-order valence-corrected chi connectivity index (χ1v) is 5.92. The summed E-state index contributed by atoms with van der Waals surface area (Å²) in [6.45, 7) is 5.30. The third-order valence-electron chi connectivity index (χ3n) is 2.89. The number of Topliss-reactive ketones (excluding diaryl/α,β-unsaturated/α-hetero) is 1. The molecule has 5 atom stereocenters. The number of ether oxygens (including phenoxy) is 3. The lowest BCUT2D eigenvalue weighted by Crippen LogP contribution is -2.58. The molecule has 1 fully saturated rings. The largest absolute Gasteiger partial charge is 0.458 e. The molecule has 1 heterocycles. The minimum Gasteiger partial charge on any atom is -0.458 e. The minimum absolute atomic E-state index is 0.301. The Labute approximate surface area is 110 Å². The van der Waals surface area contributed by atoms with E-state index in [1.54, 1.807) is 6.92 Å². The zero-order chi connectivity index (χ0) is 14.7. The van der Waals surface area contributed by atoms with Crippen LogP contribution < -0.4 is 0 Å². The summed E-state index contributed by atoms with van der Waals surface area (Å²) in [5.41, 5.74) is 0. The highest BCUT2D eigenvalue weighted by Crippen LogP contribution is 2.30. The van der Waals surface area contributed by atoms with Gasteiger partial charge in [-0.1, -0.05) is 6.92 Å². The van der Waals surface area contributed by atoms with Gasteiger partial charge in [-0.05, 0) is 6.92 Å². The van der Waals surface area contributed by atoms with Crippen LogP contribution in [0.1, 0.15) is 27.7 Å². The second kappa shape index (κ2) is 6.12. The first kappa shape index (κ1) is 15.6. The van der Waals surface area contributed by atoms with E-state index in [9.17, 15) is 19.5 Å². The van der Waals surface area contributed by atoms with Crippen LogP contribution >= 0.6 is 0 Å². The topological polar surface area (TPSA) is 99.1 Å². The third kappa shape index (κ3) is 3.74. The molecule has 1 unspecified atom stereocenters. The summed E-state index contributed by atoms with van der Waals surface area (Å²) in [6, 6.07) is 0. The number of esters is 2. The quantitative estimate of drug-likeness (QED) is 0.711. The second-order valence-electron chi connectivity index (χ2n) is 4.57. The van der Waals surface area contributed by atoms with Crippen molar-refractivity contribution in [1.82, 2.24) is 0 Å². The molecule has 1 aliphatic rings. The molecule has 7 nitrogen and oxygen atoms in total. The fourth-order valence-corrected chi connectivity index (χ4v) is 2.13. The van der Waals surface area contributed by atoms with Crippen molar-refractivity contribution in [2.75, 3.05) is 0 Å². The van der Waals surface area contributed by atoms with Gasteiger partial charge in [0, 0.05) is 19.8 Å². The molecule has 0 saturated carbocycles. The SMILES string of the molecule is CC(=O)O[C@H]1[C@H](C)[C@@H](C(C)=O)OC(O)[C@@H]1OC(C)=O. The molecular formula is C12H18O7. The zero-order valence-electron chi connectivity index (χ0n) is 11.3. The van der Waals surface area contributed by atoms with E-state index in [0.29, 0.717) is 0 Å². The molecule has 0 aromatic carbocycles. The van der Waals surface area contributed by atoms with Gasteiger partial charge in [-0.3, -0.25) is 14.4 Å². The summed E-state index contributed by atoms with van der Waals surface area (Å²) in [6.07, 6.45) is -4.50. The summed E-state index contributed by atoms with van der Waals surface area (Å²) >= 11 is 0. The predicted octanol–water partition coefficient (Wildman–Crippen LogP) is -0.208. The Hall–Kier alpha value is -1.47. The Bertz CT molecular complexity index is 378. The van der Waals surface area contributed by atoms with Gasteiger partial charge in [-0.2, -0.15) is 0 Å². The molecule has 0 radical (unpaired) electrons. The van der Waals surface area contributed by atoms with E-state index in [2.05, 4.69) is 0 Å². The van der Waals surface area contributed by atoms with E-state index >= 15 is 0 Å². The normalized spacial score (nSPS) is 34.5. The van der Waals surface area contributed by atoms with E-state index in [0.717, 1.165) is 0 Å². The van der Waals surface area contributed by atoms with Gasteiger partial charge in [0.1, 0.15) is 12.2 Å². The fourth-order valence-electron chi connectivity index (χ4n) is 2.13. The standard InChI is InChI=1S/C12H18O7/c1-5-9(6(2)13)19-12(16)11(18-8(4)15)10(5)17-7(3)14/h5,9-12,16H,1-4H3/t5-,9+,10+,11-,12?/m1/s1. The molecule has 7 heteroatoms. The predicted molar refractivity (Wildman–Crippen MR) is 61.8 cm³/mol. The molecule has 108 valence electrons. The maximum atomic E-state index is 11.4. The average Bonchev–Trinajstić information content (AvgIpc) is 2.26. The maximum Gasteiger partial charge on any atom is 0.303 e. The van der Waals surface area contributed by atoms with Gasteiger partial charge in [0.15, 0.2) is 18.2 Å². The van der Waals surface area contributed by atoms with Crippen LogP contribution in [-0.2, 0) is 28.6 Å².